The Hall–Kier alpha value is -0.870. The topological polar surface area (TPSA) is 26.3 Å². The van der Waals surface area contributed by atoms with Crippen molar-refractivity contribution in [2.75, 3.05) is 19.6 Å². The predicted octanol–water partition coefficient (Wildman–Crippen LogP) is 4.33. The van der Waals surface area contributed by atoms with Gasteiger partial charge in [-0.3, -0.25) is 4.79 Å². The summed E-state index contributed by atoms with van der Waals surface area (Å²) >= 11 is 3.32. The van der Waals surface area contributed by atoms with Gasteiger partial charge in [0.05, 0.1) is 7.11 Å². The van der Waals surface area contributed by atoms with Crippen LogP contribution in [0.4, 0.5) is 0 Å². The van der Waals surface area contributed by atoms with E-state index in [1.165, 1.54) is 5.56 Å². The molecule has 0 N–H and O–H groups in total. The van der Waals surface area contributed by atoms with Crippen LogP contribution in [0.3, 0.4) is 0 Å². The summed E-state index contributed by atoms with van der Waals surface area (Å²) in [5.41, 5.74) is 2.16. The van der Waals surface area contributed by atoms with Gasteiger partial charge in [-0.15, -0.1) is 23.5 Å². The van der Waals surface area contributed by atoms with Crippen molar-refractivity contribution in [1.29, 1.82) is 0 Å². The smallest absolute Gasteiger partial charge is 0.163 e. The Balaban J connectivity index is 2.07. The van der Waals surface area contributed by atoms with Crippen LogP contribution in [0.2, 0.25) is 0 Å². The number of thioether (sulfide) groups is 2. The quantitative estimate of drug-likeness (QED) is 0.731. The molecule has 1 aromatic rings. The van der Waals surface area contributed by atoms with Crippen molar-refractivity contribution in [1.82, 2.24) is 0 Å². The zero-order valence-electron chi connectivity index (χ0n) is 12.3. The maximum Gasteiger partial charge on any atom is 0.163 e. The molecule has 2 rings (SSSR count). The molecule has 2 atom stereocenters. The van der Waals surface area contributed by atoms with Crippen LogP contribution in [0.5, 0.6) is 5.75 Å². The summed E-state index contributed by atoms with van der Waals surface area (Å²) in [5.74, 6) is 1.72. The molecule has 1 aliphatic rings. The molecular formula is C16H20O2S2. The Kier molecular flexibility index (Phi) is 5.22. The van der Waals surface area contributed by atoms with Gasteiger partial charge >= 0.3 is 0 Å². The van der Waals surface area contributed by atoms with Crippen molar-refractivity contribution in [3.05, 3.63) is 39.6 Å². The highest BCUT2D eigenvalue weighted by atomic mass is 32.2. The first kappa shape index (κ1) is 15.5. The Morgan fingerprint density at radius 2 is 1.80 bits per heavy atom. The highest BCUT2D eigenvalue weighted by Gasteiger charge is 2.44. The van der Waals surface area contributed by atoms with Crippen LogP contribution in [0.25, 0.3) is 0 Å². The van der Waals surface area contributed by atoms with E-state index < -0.39 is 0 Å². The lowest BCUT2D eigenvalue weighted by atomic mass is 10.0. The van der Waals surface area contributed by atoms with Crippen LogP contribution in [-0.2, 0) is 4.79 Å². The maximum absolute atomic E-state index is 12.5. The van der Waals surface area contributed by atoms with Gasteiger partial charge in [0.25, 0.3) is 0 Å². The van der Waals surface area contributed by atoms with E-state index in [2.05, 4.69) is 12.1 Å². The number of methoxy groups -OCH3 is 1. The predicted molar refractivity (Wildman–Crippen MR) is 88.6 cm³/mol. The SMILES string of the molecule is COc1ccc(C2CC2C(=O)C(C)=C(SC)SC)cc1. The molecule has 1 aromatic carbocycles. The number of hydrogen-bond donors (Lipinski definition) is 0. The normalized spacial score (nSPS) is 20.4. The van der Waals surface area contributed by atoms with Crippen LogP contribution >= 0.6 is 23.5 Å². The fraction of sp³-hybridized carbons (Fsp3) is 0.438. The molecule has 20 heavy (non-hydrogen) atoms. The maximum atomic E-state index is 12.5. The number of allylic oxidation sites excluding steroid dienone is 1. The molecule has 0 aromatic heterocycles. The van der Waals surface area contributed by atoms with Crippen molar-refractivity contribution >= 4 is 29.3 Å². The van der Waals surface area contributed by atoms with Crippen molar-refractivity contribution in [3.8, 4) is 5.75 Å². The molecule has 0 radical (unpaired) electrons. The van der Waals surface area contributed by atoms with E-state index in [4.69, 9.17) is 4.74 Å². The molecule has 0 spiro atoms. The number of benzene rings is 1. The Labute approximate surface area is 129 Å². The number of Topliss-reactive ketones (excluding diaryl/α,β-unsaturated/α-hetero) is 1. The van der Waals surface area contributed by atoms with Gasteiger partial charge in [-0.25, -0.2) is 0 Å². The number of hydrogen-bond acceptors (Lipinski definition) is 4. The Bertz CT molecular complexity index is 514. The van der Waals surface area contributed by atoms with E-state index in [1.807, 2.05) is 31.6 Å². The largest absolute Gasteiger partial charge is 0.497 e. The fourth-order valence-electron chi connectivity index (χ4n) is 2.47. The summed E-state index contributed by atoms with van der Waals surface area (Å²) in [6.45, 7) is 1.95. The van der Waals surface area contributed by atoms with Gasteiger partial charge in [0.1, 0.15) is 5.75 Å². The molecule has 0 amide bonds. The summed E-state index contributed by atoms with van der Waals surface area (Å²) in [4.78, 5) is 12.5. The lowest BCUT2D eigenvalue weighted by molar-refractivity contribution is -0.116. The standard InChI is InChI=1S/C16H20O2S2/c1-10(16(19-3)20-4)15(17)14-9-13(14)11-5-7-12(18-2)8-6-11/h5-8,13-14H,9H2,1-4H3. The first-order valence-corrected chi connectivity index (χ1v) is 9.04. The molecule has 0 heterocycles. The molecule has 0 bridgehead atoms. The van der Waals surface area contributed by atoms with Crippen LogP contribution in [-0.4, -0.2) is 25.4 Å². The van der Waals surface area contributed by atoms with Gasteiger partial charge in [-0.1, -0.05) is 12.1 Å². The van der Waals surface area contributed by atoms with Crippen LogP contribution in [0.15, 0.2) is 34.1 Å². The van der Waals surface area contributed by atoms with Crippen molar-refractivity contribution in [2.45, 2.75) is 19.3 Å². The second kappa shape index (κ2) is 6.72. The van der Waals surface area contributed by atoms with Crippen molar-refractivity contribution in [3.63, 3.8) is 0 Å². The first-order valence-electron chi connectivity index (χ1n) is 6.59. The Morgan fingerprint density at radius 1 is 1.20 bits per heavy atom. The minimum absolute atomic E-state index is 0.165. The molecule has 1 aliphatic carbocycles. The van der Waals surface area contributed by atoms with Gasteiger partial charge < -0.3 is 4.74 Å². The van der Waals surface area contributed by atoms with Gasteiger partial charge in [-0.05, 0) is 49.5 Å². The lowest BCUT2D eigenvalue weighted by Crippen LogP contribution is -2.05. The highest BCUT2D eigenvalue weighted by molar-refractivity contribution is 8.21. The lowest BCUT2D eigenvalue weighted by Gasteiger charge is -2.07. The summed E-state index contributed by atoms with van der Waals surface area (Å²) < 4.78 is 6.30. The van der Waals surface area contributed by atoms with Crippen LogP contribution in [0, 0.1) is 5.92 Å². The molecule has 1 fully saturated rings. The summed E-state index contributed by atoms with van der Waals surface area (Å²) in [6, 6.07) is 8.07. The number of ketones is 1. The molecule has 108 valence electrons. The molecule has 1 saturated carbocycles. The van der Waals surface area contributed by atoms with E-state index in [1.54, 1.807) is 30.6 Å². The second-order valence-corrected chi connectivity index (χ2v) is 6.80. The molecule has 2 nitrogen and oxygen atoms in total. The summed E-state index contributed by atoms with van der Waals surface area (Å²) in [6.07, 6.45) is 5.02. The molecular weight excluding hydrogens is 288 g/mol. The number of ether oxygens (including phenoxy) is 1. The summed E-state index contributed by atoms with van der Waals surface area (Å²) in [7, 11) is 1.67. The minimum atomic E-state index is 0.165. The van der Waals surface area contributed by atoms with E-state index in [9.17, 15) is 4.79 Å². The van der Waals surface area contributed by atoms with Gasteiger partial charge in [0.15, 0.2) is 5.78 Å². The average Bonchev–Trinajstić information content (AvgIpc) is 3.28. The monoisotopic (exact) mass is 308 g/mol. The van der Waals surface area contributed by atoms with Crippen molar-refractivity contribution < 1.29 is 9.53 Å². The van der Waals surface area contributed by atoms with E-state index in [0.29, 0.717) is 11.7 Å². The third-order valence-electron chi connectivity index (χ3n) is 3.72. The van der Waals surface area contributed by atoms with Crippen molar-refractivity contribution in [2.24, 2.45) is 5.92 Å². The number of carbonyl (C=O) groups is 1. The van der Waals surface area contributed by atoms with Gasteiger partial charge in [0, 0.05) is 15.7 Å². The third kappa shape index (κ3) is 3.23. The zero-order chi connectivity index (χ0) is 14.7. The second-order valence-electron chi connectivity index (χ2n) is 4.91. The first-order chi connectivity index (χ1) is 9.62. The Morgan fingerprint density at radius 3 is 2.30 bits per heavy atom. The average molecular weight is 308 g/mol. The van der Waals surface area contributed by atoms with E-state index in [-0.39, 0.29) is 5.92 Å². The zero-order valence-corrected chi connectivity index (χ0v) is 13.9. The number of carbonyl (C=O) groups excluding carboxylic acids is 1. The van der Waals surface area contributed by atoms with Gasteiger partial charge in [0.2, 0.25) is 0 Å². The minimum Gasteiger partial charge on any atom is -0.497 e. The molecule has 4 heteroatoms. The van der Waals surface area contributed by atoms with Crippen LogP contribution < -0.4 is 4.74 Å². The highest BCUT2D eigenvalue weighted by Crippen LogP contribution is 2.50. The summed E-state index contributed by atoms with van der Waals surface area (Å²) in [5, 5.41) is 0. The molecule has 2 unspecified atom stereocenters. The van der Waals surface area contributed by atoms with E-state index in [0.717, 1.165) is 22.0 Å². The molecule has 0 aliphatic heterocycles. The molecule has 0 saturated heterocycles. The van der Waals surface area contributed by atoms with Crippen LogP contribution in [0.1, 0.15) is 24.8 Å². The fourth-order valence-corrected chi connectivity index (χ4v) is 3.95. The number of rotatable bonds is 6. The van der Waals surface area contributed by atoms with Gasteiger partial charge in [-0.2, -0.15) is 0 Å². The van der Waals surface area contributed by atoms with E-state index >= 15 is 0 Å². The third-order valence-corrected chi connectivity index (χ3v) is 6.07.